The summed E-state index contributed by atoms with van der Waals surface area (Å²) in [6.45, 7) is 0. The van der Waals surface area contributed by atoms with Gasteiger partial charge in [0.15, 0.2) is 4.34 Å². The third kappa shape index (κ3) is 5.27. The van der Waals surface area contributed by atoms with Gasteiger partial charge in [-0.2, -0.15) is 13.2 Å². The number of alkyl halides is 3. The summed E-state index contributed by atoms with van der Waals surface area (Å²) < 4.78 is 47.4. The number of thiazole rings is 1. The van der Waals surface area contributed by atoms with Gasteiger partial charge in [0.05, 0.1) is 15.8 Å². The molecule has 1 aromatic heterocycles. The Morgan fingerprint density at radius 3 is 2.45 bits per heavy atom. The standard InChI is InChI=1S/C29H25F3N2O2S2/c30-29(31,32)20-4-3-5-23(14-20)36-24-15-21-12-13-22(16-24)34(21)27(35)19-10-8-18(9-11-19)17-37-28-33-25-6-1-2-7-26(25)38-28/h1-11,14,21-22,24H,12-13,15-17H2/t21-,22-/m0/s1. The molecule has 0 aliphatic carbocycles. The highest BCUT2D eigenvalue weighted by Gasteiger charge is 2.44. The molecule has 0 spiro atoms. The number of para-hydroxylation sites is 1. The maximum absolute atomic E-state index is 13.4. The van der Waals surface area contributed by atoms with Crippen LogP contribution in [0.2, 0.25) is 0 Å². The van der Waals surface area contributed by atoms with Crippen LogP contribution in [0.5, 0.6) is 5.75 Å². The van der Waals surface area contributed by atoms with Crippen molar-refractivity contribution in [1.82, 2.24) is 9.88 Å². The molecule has 0 unspecified atom stereocenters. The van der Waals surface area contributed by atoms with Crippen molar-refractivity contribution in [2.75, 3.05) is 0 Å². The van der Waals surface area contributed by atoms with Crippen molar-refractivity contribution in [1.29, 1.82) is 0 Å². The van der Waals surface area contributed by atoms with Crippen LogP contribution in [0.25, 0.3) is 10.2 Å². The van der Waals surface area contributed by atoms with Crippen molar-refractivity contribution < 1.29 is 22.7 Å². The fourth-order valence-corrected chi connectivity index (χ4v) is 7.47. The molecule has 4 nitrogen and oxygen atoms in total. The Balaban J connectivity index is 1.07. The number of carbonyl (C=O) groups is 1. The second-order valence-electron chi connectivity index (χ2n) is 9.77. The van der Waals surface area contributed by atoms with E-state index in [1.807, 2.05) is 47.4 Å². The molecule has 196 valence electrons. The van der Waals surface area contributed by atoms with Gasteiger partial charge in [0.2, 0.25) is 0 Å². The predicted molar refractivity (Wildman–Crippen MR) is 144 cm³/mol. The van der Waals surface area contributed by atoms with E-state index in [-0.39, 0.29) is 29.8 Å². The zero-order valence-corrected chi connectivity index (χ0v) is 22.0. The van der Waals surface area contributed by atoms with E-state index in [1.54, 1.807) is 29.2 Å². The largest absolute Gasteiger partial charge is 0.490 e. The van der Waals surface area contributed by atoms with Gasteiger partial charge in [0, 0.05) is 36.2 Å². The first kappa shape index (κ1) is 25.2. The minimum absolute atomic E-state index is 0.0143. The number of ether oxygens (including phenoxy) is 1. The van der Waals surface area contributed by atoms with Crippen LogP contribution in [0.1, 0.15) is 47.2 Å². The number of hydrogen-bond donors (Lipinski definition) is 0. The Morgan fingerprint density at radius 2 is 1.74 bits per heavy atom. The van der Waals surface area contributed by atoms with Crippen LogP contribution in [0.3, 0.4) is 0 Å². The Hall–Kier alpha value is -3.04. The molecule has 2 aliphatic heterocycles. The Labute approximate surface area is 226 Å². The Morgan fingerprint density at radius 1 is 1.00 bits per heavy atom. The molecule has 6 rings (SSSR count). The second kappa shape index (κ2) is 10.3. The van der Waals surface area contributed by atoms with E-state index in [0.29, 0.717) is 18.4 Å². The monoisotopic (exact) mass is 554 g/mol. The average Bonchev–Trinajstić information content (AvgIpc) is 3.45. The van der Waals surface area contributed by atoms with Crippen LogP contribution in [-0.2, 0) is 11.9 Å². The van der Waals surface area contributed by atoms with E-state index in [4.69, 9.17) is 4.74 Å². The summed E-state index contributed by atoms with van der Waals surface area (Å²) in [5.74, 6) is 1.02. The third-order valence-electron chi connectivity index (χ3n) is 7.23. The van der Waals surface area contributed by atoms with Crippen molar-refractivity contribution in [3.8, 4) is 5.75 Å². The summed E-state index contributed by atoms with van der Waals surface area (Å²) in [6, 6.07) is 21.0. The van der Waals surface area contributed by atoms with E-state index in [9.17, 15) is 18.0 Å². The molecule has 2 fully saturated rings. The zero-order chi connectivity index (χ0) is 26.3. The van der Waals surface area contributed by atoms with Crippen LogP contribution in [0, 0.1) is 0 Å². The lowest BCUT2D eigenvalue weighted by Gasteiger charge is -2.39. The smallest absolute Gasteiger partial charge is 0.416 e. The van der Waals surface area contributed by atoms with Crippen LogP contribution in [0.15, 0.2) is 77.1 Å². The fraction of sp³-hybridized carbons (Fsp3) is 0.310. The number of aromatic nitrogens is 1. The van der Waals surface area contributed by atoms with E-state index < -0.39 is 11.7 Å². The molecule has 3 heterocycles. The number of halogens is 3. The molecule has 2 bridgehead atoms. The second-order valence-corrected chi connectivity index (χ2v) is 12.0. The molecule has 0 saturated carbocycles. The van der Waals surface area contributed by atoms with E-state index in [1.165, 1.54) is 10.8 Å². The highest BCUT2D eigenvalue weighted by Crippen LogP contribution is 2.39. The van der Waals surface area contributed by atoms with Gasteiger partial charge in [0.1, 0.15) is 11.9 Å². The molecule has 2 aliphatic rings. The SMILES string of the molecule is O=C(c1ccc(CSc2nc3ccccc3s2)cc1)N1[C@H]2CC[C@H]1CC(Oc1cccc(C(F)(F)F)c1)C2. The topological polar surface area (TPSA) is 42.4 Å². The fourth-order valence-electron chi connectivity index (χ4n) is 5.44. The van der Waals surface area contributed by atoms with Gasteiger partial charge in [-0.3, -0.25) is 4.79 Å². The first-order chi connectivity index (χ1) is 18.3. The number of carbonyl (C=O) groups excluding carboxylic acids is 1. The van der Waals surface area contributed by atoms with E-state index in [0.717, 1.165) is 46.1 Å². The predicted octanol–water partition coefficient (Wildman–Crippen LogP) is 7.82. The molecule has 0 N–H and O–H groups in total. The average molecular weight is 555 g/mol. The highest BCUT2D eigenvalue weighted by molar-refractivity contribution is 8.00. The quantitative estimate of drug-likeness (QED) is 0.228. The Kier molecular flexibility index (Phi) is 6.82. The number of thioether (sulfide) groups is 1. The summed E-state index contributed by atoms with van der Waals surface area (Å²) in [5, 5.41) is 0. The van der Waals surface area contributed by atoms with Crippen molar-refractivity contribution in [2.24, 2.45) is 0 Å². The molecule has 4 aromatic rings. The summed E-state index contributed by atoms with van der Waals surface area (Å²) in [7, 11) is 0. The normalized spacial score (nSPS) is 21.1. The van der Waals surface area contributed by atoms with Gasteiger partial charge in [-0.1, -0.05) is 42.1 Å². The number of benzene rings is 3. The van der Waals surface area contributed by atoms with Gasteiger partial charge < -0.3 is 9.64 Å². The molecular weight excluding hydrogens is 529 g/mol. The molecule has 1 amide bonds. The Bertz CT molecular complexity index is 1410. The van der Waals surface area contributed by atoms with Gasteiger partial charge in [0.25, 0.3) is 5.91 Å². The number of nitrogens with zero attached hydrogens (tertiary/aromatic N) is 2. The minimum atomic E-state index is -4.40. The molecule has 0 radical (unpaired) electrons. The number of hydrogen-bond acceptors (Lipinski definition) is 5. The number of amides is 1. The van der Waals surface area contributed by atoms with Gasteiger partial charge in [-0.05, 0) is 60.9 Å². The zero-order valence-electron chi connectivity index (χ0n) is 20.4. The van der Waals surface area contributed by atoms with Crippen molar-refractivity contribution in [3.63, 3.8) is 0 Å². The van der Waals surface area contributed by atoms with Crippen molar-refractivity contribution in [2.45, 2.75) is 60.1 Å². The van der Waals surface area contributed by atoms with Gasteiger partial charge in [-0.15, -0.1) is 11.3 Å². The van der Waals surface area contributed by atoms with Crippen molar-refractivity contribution >= 4 is 39.2 Å². The minimum Gasteiger partial charge on any atom is -0.490 e. The summed E-state index contributed by atoms with van der Waals surface area (Å²) in [4.78, 5) is 20.1. The maximum Gasteiger partial charge on any atom is 0.416 e. The van der Waals surface area contributed by atoms with Gasteiger partial charge >= 0.3 is 6.18 Å². The van der Waals surface area contributed by atoms with Crippen LogP contribution < -0.4 is 4.74 Å². The van der Waals surface area contributed by atoms with Crippen LogP contribution >= 0.6 is 23.1 Å². The number of rotatable bonds is 6. The summed E-state index contributed by atoms with van der Waals surface area (Å²) in [6.07, 6.45) is -1.60. The molecule has 2 saturated heterocycles. The first-order valence-corrected chi connectivity index (χ1v) is 14.4. The third-order valence-corrected chi connectivity index (χ3v) is 9.48. The molecule has 3 aromatic carbocycles. The molecule has 2 atom stereocenters. The van der Waals surface area contributed by atoms with Crippen LogP contribution in [-0.4, -0.2) is 34.0 Å². The number of fused-ring (bicyclic) bond motifs is 3. The lowest BCUT2D eigenvalue weighted by atomic mass is 9.98. The highest BCUT2D eigenvalue weighted by atomic mass is 32.2. The summed E-state index contributed by atoms with van der Waals surface area (Å²) >= 11 is 3.37. The van der Waals surface area contributed by atoms with E-state index in [2.05, 4.69) is 11.1 Å². The van der Waals surface area contributed by atoms with Crippen LogP contribution in [0.4, 0.5) is 13.2 Å². The molecule has 38 heavy (non-hydrogen) atoms. The number of piperidine rings is 1. The van der Waals surface area contributed by atoms with Crippen molar-refractivity contribution in [3.05, 3.63) is 89.5 Å². The summed E-state index contributed by atoms with van der Waals surface area (Å²) in [5.41, 5.74) is 2.09. The van der Waals surface area contributed by atoms with Gasteiger partial charge in [-0.25, -0.2) is 4.98 Å². The lowest BCUT2D eigenvalue weighted by molar-refractivity contribution is -0.137. The lowest BCUT2D eigenvalue weighted by Crippen LogP contribution is -2.49. The maximum atomic E-state index is 13.4. The molecule has 9 heteroatoms. The molecular formula is C29H25F3N2O2S2. The van der Waals surface area contributed by atoms with E-state index >= 15 is 0 Å². The first-order valence-electron chi connectivity index (χ1n) is 12.6.